The Morgan fingerprint density at radius 3 is 2.44 bits per heavy atom. The molecule has 0 aromatic heterocycles. The Morgan fingerprint density at radius 2 is 1.94 bits per heavy atom. The van der Waals surface area contributed by atoms with E-state index in [0.717, 1.165) is 11.0 Å². The van der Waals surface area contributed by atoms with Crippen LogP contribution in [0.2, 0.25) is 0 Å². The second-order valence-corrected chi connectivity index (χ2v) is 4.18. The molecule has 1 atom stereocenters. The molecule has 0 aliphatic heterocycles. The van der Waals surface area contributed by atoms with Gasteiger partial charge in [0.25, 0.3) is 0 Å². The van der Waals surface area contributed by atoms with E-state index >= 15 is 0 Å². The Bertz CT molecular complexity index is 404. The van der Waals surface area contributed by atoms with Gasteiger partial charge in [-0.2, -0.15) is 13.2 Å². The highest BCUT2D eigenvalue weighted by atomic mass is 19.4. The van der Waals surface area contributed by atoms with Crippen molar-refractivity contribution in [1.29, 1.82) is 0 Å². The number of anilines is 1. The summed E-state index contributed by atoms with van der Waals surface area (Å²) in [5.74, 6) is -0.462. The van der Waals surface area contributed by atoms with Crippen LogP contribution in [0.4, 0.5) is 23.2 Å². The SMILES string of the molecule is CNC(C)c1cc(F)ccc1N(C)CC(F)(F)F. The number of benzene rings is 1. The summed E-state index contributed by atoms with van der Waals surface area (Å²) in [6.07, 6.45) is -4.29. The molecule has 0 bridgehead atoms. The third kappa shape index (κ3) is 3.87. The molecule has 2 nitrogen and oxygen atoms in total. The second kappa shape index (κ2) is 5.56. The van der Waals surface area contributed by atoms with E-state index in [2.05, 4.69) is 5.32 Å². The topological polar surface area (TPSA) is 15.3 Å². The number of alkyl halides is 3. The Labute approximate surface area is 104 Å². The van der Waals surface area contributed by atoms with Gasteiger partial charge in [-0.1, -0.05) is 0 Å². The predicted octanol–water partition coefficient (Wildman–Crippen LogP) is 3.10. The number of hydrogen-bond acceptors (Lipinski definition) is 2. The van der Waals surface area contributed by atoms with Crippen LogP contribution in [0.15, 0.2) is 18.2 Å². The molecule has 0 aliphatic rings. The Kier molecular flexibility index (Phi) is 4.56. The largest absolute Gasteiger partial charge is 0.405 e. The van der Waals surface area contributed by atoms with E-state index in [-0.39, 0.29) is 6.04 Å². The molecule has 0 radical (unpaired) electrons. The molecule has 0 aliphatic carbocycles. The lowest BCUT2D eigenvalue weighted by Crippen LogP contribution is -2.32. The quantitative estimate of drug-likeness (QED) is 0.841. The first-order valence-corrected chi connectivity index (χ1v) is 5.49. The minimum Gasteiger partial charge on any atom is -0.365 e. The molecule has 0 fully saturated rings. The van der Waals surface area contributed by atoms with Crippen molar-refractivity contribution in [3.63, 3.8) is 0 Å². The summed E-state index contributed by atoms with van der Waals surface area (Å²) in [4.78, 5) is 1.07. The first-order valence-electron chi connectivity index (χ1n) is 5.49. The highest BCUT2D eigenvalue weighted by Crippen LogP contribution is 2.28. The predicted molar refractivity (Wildman–Crippen MR) is 63.2 cm³/mol. The van der Waals surface area contributed by atoms with Gasteiger partial charge in [0, 0.05) is 18.8 Å². The van der Waals surface area contributed by atoms with Gasteiger partial charge in [-0.15, -0.1) is 0 Å². The van der Waals surface area contributed by atoms with Crippen molar-refractivity contribution < 1.29 is 17.6 Å². The van der Waals surface area contributed by atoms with Crippen LogP contribution in [0.3, 0.4) is 0 Å². The van der Waals surface area contributed by atoms with Gasteiger partial charge in [-0.25, -0.2) is 4.39 Å². The van der Waals surface area contributed by atoms with Crippen LogP contribution in [0, 0.1) is 5.82 Å². The van der Waals surface area contributed by atoms with Gasteiger partial charge in [0.15, 0.2) is 0 Å². The van der Waals surface area contributed by atoms with Gasteiger partial charge in [0.1, 0.15) is 12.4 Å². The highest BCUT2D eigenvalue weighted by Gasteiger charge is 2.30. The molecular weight excluding hydrogens is 248 g/mol. The minimum absolute atomic E-state index is 0.230. The normalized spacial score (nSPS) is 13.5. The zero-order valence-electron chi connectivity index (χ0n) is 10.5. The zero-order chi connectivity index (χ0) is 13.9. The van der Waals surface area contributed by atoms with Gasteiger partial charge >= 0.3 is 6.18 Å². The first kappa shape index (κ1) is 14.8. The van der Waals surface area contributed by atoms with Crippen molar-refractivity contribution in [3.8, 4) is 0 Å². The number of rotatable bonds is 4. The lowest BCUT2D eigenvalue weighted by molar-refractivity contribution is -0.119. The van der Waals surface area contributed by atoms with E-state index in [9.17, 15) is 17.6 Å². The molecule has 1 aromatic carbocycles. The van der Waals surface area contributed by atoms with Crippen LogP contribution >= 0.6 is 0 Å². The van der Waals surface area contributed by atoms with E-state index in [1.54, 1.807) is 14.0 Å². The lowest BCUT2D eigenvalue weighted by Gasteiger charge is -2.26. The van der Waals surface area contributed by atoms with Gasteiger partial charge in [-0.05, 0) is 37.7 Å². The summed E-state index contributed by atoms with van der Waals surface area (Å²) in [5.41, 5.74) is 0.875. The summed E-state index contributed by atoms with van der Waals surface area (Å²) >= 11 is 0. The monoisotopic (exact) mass is 264 g/mol. The van der Waals surface area contributed by atoms with Crippen molar-refractivity contribution in [2.45, 2.75) is 19.1 Å². The third-order valence-corrected chi connectivity index (χ3v) is 2.72. The molecule has 1 N–H and O–H groups in total. The molecule has 0 saturated heterocycles. The molecule has 1 rings (SSSR count). The third-order valence-electron chi connectivity index (χ3n) is 2.72. The zero-order valence-corrected chi connectivity index (χ0v) is 10.5. The fourth-order valence-corrected chi connectivity index (χ4v) is 1.73. The molecule has 1 aromatic rings. The summed E-state index contributed by atoms with van der Waals surface area (Å²) in [6.45, 7) is 0.696. The van der Waals surface area contributed by atoms with E-state index in [4.69, 9.17) is 0 Å². The number of halogens is 4. The average molecular weight is 264 g/mol. The lowest BCUT2D eigenvalue weighted by atomic mass is 10.1. The maximum absolute atomic E-state index is 13.2. The van der Waals surface area contributed by atoms with E-state index < -0.39 is 18.5 Å². The van der Waals surface area contributed by atoms with E-state index in [1.165, 1.54) is 19.2 Å². The average Bonchev–Trinajstić information content (AvgIpc) is 2.25. The van der Waals surface area contributed by atoms with Gasteiger partial charge < -0.3 is 10.2 Å². The number of hydrogen-bond donors (Lipinski definition) is 1. The van der Waals surface area contributed by atoms with E-state index in [0.29, 0.717) is 11.3 Å². The van der Waals surface area contributed by atoms with Crippen molar-refractivity contribution in [3.05, 3.63) is 29.6 Å². The van der Waals surface area contributed by atoms with Crippen LogP contribution in [-0.2, 0) is 0 Å². The van der Waals surface area contributed by atoms with Gasteiger partial charge in [-0.3, -0.25) is 0 Å². The van der Waals surface area contributed by atoms with Crippen molar-refractivity contribution in [2.24, 2.45) is 0 Å². The molecule has 1 unspecified atom stereocenters. The summed E-state index contributed by atoms with van der Waals surface area (Å²) in [5, 5.41) is 2.89. The van der Waals surface area contributed by atoms with E-state index in [1.807, 2.05) is 0 Å². The van der Waals surface area contributed by atoms with Crippen molar-refractivity contribution >= 4 is 5.69 Å². The van der Waals surface area contributed by atoms with Crippen LogP contribution < -0.4 is 10.2 Å². The van der Waals surface area contributed by atoms with Crippen LogP contribution in [-0.4, -0.2) is 26.8 Å². The molecule has 6 heteroatoms. The fourth-order valence-electron chi connectivity index (χ4n) is 1.73. The Balaban J connectivity index is 3.07. The molecule has 18 heavy (non-hydrogen) atoms. The first-order chi connectivity index (χ1) is 8.24. The highest BCUT2D eigenvalue weighted by molar-refractivity contribution is 5.54. The van der Waals surface area contributed by atoms with Crippen molar-refractivity contribution in [2.75, 3.05) is 25.5 Å². The summed E-state index contributed by atoms with van der Waals surface area (Å²) < 4.78 is 50.2. The smallest absolute Gasteiger partial charge is 0.365 e. The second-order valence-electron chi connectivity index (χ2n) is 4.18. The van der Waals surface area contributed by atoms with Gasteiger partial charge in [0.05, 0.1) is 0 Å². The Hall–Kier alpha value is -1.30. The molecule has 102 valence electrons. The van der Waals surface area contributed by atoms with Gasteiger partial charge in [0.2, 0.25) is 0 Å². The standard InChI is InChI=1S/C12H16F4N2/c1-8(17-2)10-6-9(13)4-5-11(10)18(3)7-12(14,15)16/h4-6,8,17H,7H2,1-3H3. The summed E-state index contributed by atoms with van der Waals surface area (Å²) in [6, 6.07) is 3.55. The maximum Gasteiger partial charge on any atom is 0.405 e. The molecule has 0 spiro atoms. The number of nitrogens with zero attached hydrogens (tertiary/aromatic N) is 1. The minimum atomic E-state index is -4.29. The maximum atomic E-state index is 13.2. The molecule has 0 saturated carbocycles. The Morgan fingerprint density at radius 1 is 1.33 bits per heavy atom. The molecule has 0 heterocycles. The fraction of sp³-hybridized carbons (Fsp3) is 0.500. The van der Waals surface area contributed by atoms with Crippen LogP contribution in [0.5, 0.6) is 0 Å². The number of nitrogens with one attached hydrogen (secondary N) is 1. The summed E-state index contributed by atoms with van der Waals surface area (Å²) in [7, 11) is 3.01. The van der Waals surface area contributed by atoms with Crippen LogP contribution in [0.1, 0.15) is 18.5 Å². The molecule has 0 amide bonds. The molecular formula is C12H16F4N2. The van der Waals surface area contributed by atoms with Crippen molar-refractivity contribution in [1.82, 2.24) is 5.32 Å². The van der Waals surface area contributed by atoms with Crippen LogP contribution in [0.25, 0.3) is 0 Å².